The first-order valence-corrected chi connectivity index (χ1v) is 12.5. The molecule has 0 aliphatic carbocycles. The number of hydrogen-bond acceptors (Lipinski definition) is 5. The maximum atomic E-state index is 12.8. The Bertz CT molecular complexity index is 1440. The van der Waals surface area contributed by atoms with Gasteiger partial charge in [-0.25, -0.2) is 0 Å². The summed E-state index contributed by atoms with van der Waals surface area (Å²) in [5.74, 6) is -1.00. The molecule has 39 heavy (non-hydrogen) atoms. The lowest BCUT2D eigenvalue weighted by molar-refractivity contribution is -0.137. The Morgan fingerprint density at radius 3 is 2.10 bits per heavy atom. The number of likely N-dealkylation sites (N-methyl/N-ethyl adjacent to an activating group) is 1. The number of alkyl halides is 3. The van der Waals surface area contributed by atoms with Crippen molar-refractivity contribution in [2.24, 2.45) is 0 Å². The van der Waals surface area contributed by atoms with Gasteiger partial charge in [-0.1, -0.05) is 30.4 Å². The summed E-state index contributed by atoms with van der Waals surface area (Å²) in [5.41, 5.74) is 3.64. The van der Waals surface area contributed by atoms with E-state index in [2.05, 4.69) is 27.5 Å². The Balaban J connectivity index is 1.34. The molecule has 2 aliphatic heterocycles. The summed E-state index contributed by atoms with van der Waals surface area (Å²) in [6, 6.07) is 17.9. The maximum absolute atomic E-state index is 12.8. The van der Waals surface area contributed by atoms with Gasteiger partial charge in [-0.2, -0.15) is 13.2 Å². The summed E-state index contributed by atoms with van der Waals surface area (Å²) in [6.07, 6.45) is 0.588. The Hall–Kier alpha value is -4.37. The number of carbonyl (C=O) groups excluding carboxylic acids is 2. The molecule has 3 aromatic rings. The molecule has 200 valence electrons. The van der Waals surface area contributed by atoms with Crippen LogP contribution in [0.5, 0.6) is 0 Å². The first kappa shape index (κ1) is 26.2. The van der Waals surface area contributed by atoms with Crippen LogP contribution in [0.1, 0.15) is 32.6 Å². The lowest BCUT2D eigenvalue weighted by atomic mass is 9.93. The molecule has 0 unspecified atom stereocenters. The van der Waals surface area contributed by atoms with Crippen LogP contribution >= 0.6 is 0 Å². The van der Waals surface area contributed by atoms with E-state index in [1.165, 1.54) is 12.1 Å². The monoisotopic (exact) mass is 532 g/mol. The molecule has 2 N–H and O–H groups in total. The minimum Gasteiger partial charge on any atom is -0.369 e. The zero-order valence-electron chi connectivity index (χ0n) is 21.3. The van der Waals surface area contributed by atoms with Crippen molar-refractivity contribution >= 4 is 40.9 Å². The van der Waals surface area contributed by atoms with E-state index in [9.17, 15) is 22.8 Å². The number of carbonyl (C=O) groups is 2. The van der Waals surface area contributed by atoms with Crippen molar-refractivity contribution < 1.29 is 22.8 Å². The van der Waals surface area contributed by atoms with E-state index in [1.54, 1.807) is 36.6 Å². The molecule has 0 aromatic heterocycles. The van der Waals surface area contributed by atoms with Crippen LogP contribution in [-0.2, 0) is 11.0 Å². The van der Waals surface area contributed by atoms with Gasteiger partial charge in [0.25, 0.3) is 11.8 Å². The van der Waals surface area contributed by atoms with Gasteiger partial charge >= 0.3 is 6.18 Å². The third-order valence-corrected chi connectivity index (χ3v) is 6.88. The summed E-state index contributed by atoms with van der Waals surface area (Å²) in [5, 5.41) is 5.53. The van der Waals surface area contributed by atoms with Crippen LogP contribution in [0, 0.1) is 0 Å². The highest BCUT2D eigenvalue weighted by atomic mass is 19.4. The highest BCUT2D eigenvalue weighted by Gasteiger charge is 2.30. The van der Waals surface area contributed by atoms with Gasteiger partial charge in [0.2, 0.25) is 0 Å². The van der Waals surface area contributed by atoms with Gasteiger partial charge in [0.15, 0.2) is 0 Å². The standard InChI is InChI=1S/C30H27F3N4O2/c1-36-14-16-37(17-15-36)24-11-9-23(10-12-24)34-19-27-26-18-21(6-13-25(26)28(38)35-29(27)39)3-2-20-4-7-22(8-5-20)30(31,32)33/h2-13,18-19,34H,14-17H2,1H3,(H,35,38,39)/b3-2+,27-19-. The zero-order valence-corrected chi connectivity index (χ0v) is 21.3. The van der Waals surface area contributed by atoms with Crippen LogP contribution in [0.15, 0.2) is 72.9 Å². The summed E-state index contributed by atoms with van der Waals surface area (Å²) in [6.45, 7) is 3.96. The van der Waals surface area contributed by atoms with Crippen LogP contribution in [0.3, 0.4) is 0 Å². The molecular weight excluding hydrogens is 505 g/mol. The number of halogens is 3. The van der Waals surface area contributed by atoms with E-state index in [4.69, 9.17) is 0 Å². The summed E-state index contributed by atoms with van der Waals surface area (Å²) >= 11 is 0. The SMILES string of the molecule is CN1CCN(c2ccc(N/C=C3\C(=O)NC(=O)c4ccc(/C=C/c5ccc(C(F)(F)F)cc5)cc43)cc2)CC1. The second-order valence-electron chi connectivity index (χ2n) is 9.58. The molecule has 9 heteroatoms. The van der Waals surface area contributed by atoms with E-state index in [1.807, 2.05) is 24.3 Å². The molecule has 6 nitrogen and oxygen atoms in total. The molecular formula is C30H27F3N4O2. The van der Waals surface area contributed by atoms with E-state index in [-0.39, 0.29) is 0 Å². The molecule has 1 saturated heterocycles. The molecule has 2 amide bonds. The summed E-state index contributed by atoms with van der Waals surface area (Å²) in [7, 11) is 2.11. The second-order valence-corrected chi connectivity index (χ2v) is 9.58. The van der Waals surface area contributed by atoms with Crippen LogP contribution in [-0.4, -0.2) is 49.9 Å². The van der Waals surface area contributed by atoms with E-state index >= 15 is 0 Å². The van der Waals surface area contributed by atoms with Crippen molar-refractivity contribution in [2.45, 2.75) is 6.18 Å². The number of benzene rings is 3. The van der Waals surface area contributed by atoms with Gasteiger partial charge in [-0.3, -0.25) is 14.9 Å². The number of rotatable bonds is 5. The molecule has 5 rings (SSSR count). The van der Waals surface area contributed by atoms with Crippen LogP contribution in [0.25, 0.3) is 17.7 Å². The normalized spacial score (nSPS) is 17.4. The molecule has 1 fully saturated rings. The van der Waals surface area contributed by atoms with Gasteiger partial charge in [-0.15, -0.1) is 0 Å². The average molecular weight is 533 g/mol. The van der Waals surface area contributed by atoms with Gasteiger partial charge in [0.05, 0.1) is 11.1 Å². The highest BCUT2D eigenvalue weighted by molar-refractivity contribution is 6.31. The maximum Gasteiger partial charge on any atom is 0.416 e. The number of anilines is 2. The van der Waals surface area contributed by atoms with Gasteiger partial charge in [-0.05, 0) is 66.7 Å². The number of amides is 2. The average Bonchev–Trinajstić information content (AvgIpc) is 2.92. The zero-order chi connectivity index (χ0) is 27.6. The van der Waals surface area contributed by atoms with E-state index < -0.39 is 23.6 Å². The van der Waals surface area contributed by atoms with Gasteiger partial charge in [0.1, 0.15) is 0 Å². The topological polar surface area (TPSA) is 64.7 Å². The third-order valence-electron chi connectivity index (χ3n) is 6.88. The highest BCUT2D eigenvalue weighted by Crippen LogP contribution is 2.30. The molecule has 2 aliphatic rings. The fourth-order valence-electron chi connectivity index (χ4n) is 4.55. The van der Waals surface area contributed by atoms with E-state index in [0.717, 1.165) is 49.7 Å². The van der Waals surface area contributed by atoms with Crippen molar-refractivity contribution in [2.75, 3.05) is 43.4 Å². The quantitative estimate of drug-likeness (QED) is 0.264. The molecule has 0 bridgehead atoms. The van der Waals surface area contributed by atoms with Crippen LogP contribution in [0.4, 0.5) is 24.5 Å². The summed E-state index contributed by atoms with van der Waals surface area (Å²) in [4.78, 5) is 29.8. The second kappa shape index (κ2) is 10.8. The number of fused-ring (bicyclic) bond motifs is 1. The third kappa shape index (κ3) is 6.04. The van der Waals surface area contributed by atoms with Gasteiger partial charge < -0.3 is 15.1 Å². The van der Waals surface area contributed by atoms with Crippen molar-refractivity contribution in [3.05, 3.63) is 101 Å². The van der Waals surface area contributed by atoms with Crippen molar-refractivity contribution in [3.63, 3.8) is 0 Å². The number of piperazine rings is 1. The Morgan fingerprint density at radius 1 is 0.795 bits per heavy atom. The first-order valence-electron chi connectivity index (χ1n) is 12.5. The number of nitrogens with one attached hydrogen (secondary N) is 2. The smallest absolute Gasteiger partial charge is 0.369 e. The molecule has 0 saturated carbocycles. The van der Waals surface area contributed by atoms with Crippen molar-refractivity contribution in [1.82, 2.24) is 10.2 Å². The largest absolute Gasteiger partial charge is 0.416 e. The molecule has 2 heterocycles. The fraction of sp³-hybridized carbons (Fsp3) is 0.200. The number of hydrogen-bond donors (Lipinski definition) is 2. The van der Waals surface area contributed by atoms with Crippen molar-refractivity contribution in [3.8, 4) is 0 Å². The molecule has 0 atom stereocenters. The molecule has 3 aromatic carbocycles. The minimum atomic E-state index is -4.39. The lowest BCUT2D eigenvalue weighted by Gasteiger charge is -2.34. The Morgan fingerprint density at radius 2 is 1.44 bits per heavy atom. The minimum absolute atomic E-state index is 0.303. The Kier molecular flexibility index (Phi) is 7.26. The number of imide groups is 1. The van der Waals surface area contributed by atoms with E-state index in [0.29, 0.717) is 27.8 Å². The lowest BCUT2D eigenvalue weighted by Crippen LogP contribution is -2.44. The van der Waals surface area contributed by atoms with Crippen LogP contribution in [0.2, 0.25) is 0 Å². The fourth-order valence-corrected chi connectivity index (χ4v) is 4.55. The van der Waals surface area contributed by atoms with Gasteiger partial charge in [0, 0.05) is 54.9 Å². The number of nitrogens with zero attached hydrogens (tertiary/aromatic N) is 2. The predicted molar refractivity (Wildman–Crippen MR) is 147 cm³/mol. The Labute approximate surface area is 224 Å². The van der Waals surface area contributed by atoms with Crippen molar-refractivity contribution in [1.29, 1.82) is 0 Å². The first-order chi connectivity index (χ1) is 18.7. The summed E-state index contributed by atoms with van der Waals surface area (Å²) < 4.78 is 38.4. The molecule has 0 spiro atoms. The predicted octanol–water partition coefficient (Wildman–Crippen LogP) is 5.35. The molecule has 0 radical (unpaired) electrons. The van der Waals surface area contributed by atoms with Crippen LogP contribution < -0.4 is 15.5 Å².